The Kier molecular flexibility index (Phi) is 7.58. The molecule has 0 radical (unpaired) electrons. The second kappa shape index (κ2) is 8.40. The van der Waals surface area contributed by atoms with Gasteiger partial charge in [-0.25, -0.2) is 0 Å². The van der Waals surface area contributed by atoms with Crippen LogP contribution in [0.15, 0.2) is 15.9 Å². The Morgan fingerprint density at radius 3 is 2.37 bits per heavy atom. The van der Waals surface area contributed by atoms with Crippen molar-refractivity contribution in [3.8, 4) is 0 Å². The number of halogens is 1. The summed E-state index contributed by atoms with van der Waals surface area (Å²) in [5.41, 5.74) is 6.40. The van der Waals surface area contributed by atoms with Gasteiger partial charge in [0, 0.05) is 17.5 Å². The summed E-state index contributed by atoms with van der Waals surface area (Å²) < 4.78 is 1.19. The molecule has 0 aliphatic rings. The number of hydrogen-bond donors (Lipinski definition) is 1. The van der Waals surface area contributed by atoms with E-state index >= 15 is 0 Å². The third-order valence-electron chi connectivity index (χ3n) is 3.81. The van der Waals surface area contributed by atoms with E-state index in [9.17, 15) is 0 Å². The fourth-order valence-corrected chi connectivity index (χ4v) is 3.98. The maximum atomic E-state index is 6.40. The summed E-state index contributed by atoms with van der Waals surface area (Å²) >= 11 is 5.38. The maximum absolute atomic E-state index is 6.40. The second-order valence-corrected chi connectivity index (χ2v) is 7.75. The van der Waals surface area contributed by atoms with E-state index in [4.69, 9.17) is 5.73 Å². The van der Waals surface area contributed by atoms with Gasteiger partial charge in [-0.2, -0.15) is 0 Å². The van der Waals surface area contributed by atoms with Crippen molar-refractivity contribution in [3.05, 3.63) is 20.8 Å². The molecule has 0 bridgehead atoms. The molecule has 0 aromatic carbocycles. The molecule has 3 atom stereocenters. The van der Waals surface area contributed by atoms with Gasteiger partial charge in [0.25, 0.3) is 0 Å². The Morgan fingerprint density at radius 1 is 1.26 bits per heavy atom. The van der Waals surface area contributed by atoms with E-state index in [1.165, 1.54) is 15.1 Å². The van der Waals surface area contributed by atoms with Crippen LogP contribution in [0.4, 0.5) is 0 Å². The molecule has 19 heavy (non-hydrogen) atoms. The van der Waals surface area contributed by atoms with Gasteiger partial charge in [0.05, 0.1) is 9.83 Å². The summed E-state index contributed by atoms with van der Waals surface area (Å²) in [6, 6.07) is 4.90. The molecule has 1 aromatic rings. The lowest BCUT2D eigenvalue weighted by atomic mass is 10.0. The van der Waals surface area contributed by atoms with Gasteiger partial charge in [-0.15, -0.1) is 11.3 Å². The fourth-order valence-electron chi connectivity index (χ4n) is 2.34. The van der Waals surface area contributed by atoms with Crippen LogP contribution in [0.25, 0.3) is 0 Å². The van der Waals surface area contributed by atoms with E-state index in [1.54, 1.807) is 0 Å². The van der Waals surface area contributed by atoms with Crippen LogP contribution in [0.1, 0.15) is 51.5 Å². The lowest BCUT2D eigenvalue weighted by Crippen LogP contribution is -2.42. The van der Waals surface area contributed by atoms with Crippen LogP contribution < -0.4 is 5.73 Å². The molecule has 2 nitrogen and oxygen atoms in total. The highest BCUT2D eigenvalue weighted by Crippen LogP contribution is 2.33. The fraction of sp³-hybridized carbons (Fsp3) is 0.733. The highest BCUT2D eigenvalue weighted by Gasteiger charge is 2.26. The van der Waals surface area contributed by atoms with Crippen molar-refractivity contribution in [1.29, 1.82) is 0 Å². The predicted octanol–water partition coefficient (Wildman–Crippen LogP) is 4.66. The number of nitrogens with zero attached hydrogens (tertiary/aromatic N) is 1. The lowest BCUT2D eigenvalue weighted by molar-refractivity contribution is 0.156. The zero-order chi connectivity index (χ0) is 14.4. The van der Waals surface area contributed by atoms with Crippen LogP contribution in [0.2, 0.25) is 0 Å². The molecule has 2 N–H and O–H groups in total. The quantitative estimate of drug-likeness (QED) is 0.741. The first-order valence-electron chi connectivity index (χ1n) is 7.28. The molecule has 0 aliphatic carbocycles. The van der Waals surface area contributed by atoms with E-state index in [2.05, 4.69) is 60.7 Å². The predicted molar refractivity (Wildman–Crippen MR) is 89.7 cm³/mol. The monoisotopic (exact) mass is 346 g/mol. The Balaban J connectivity index is 2.94. The van der Waals surface area contributed by atoms with Crippen LogP contribution in [0, 0.1) is 5.92 Å². The summed E-state index contributed by atoms with van der Waals surface area (Å²) in [6.45, 7) is 11.2. The van der Waals surface area contributed by atoms with Crippen molar-refractivity contribution in [3.63, 3.8) is 0 Å². The minimum atomic E-state index is 0.203. The van der Waals surface area contributed by atoms with Gasteiger partial charge in [0.2, 0.25) is 0 Å². The standard InChI is InChI=1S/C15H27BrN2S/c1-5-11(4)10-18(7-3)15(12(17)6-2)13-8-9-14(16)19-13/h8-9,11-12,15H,5-7,10,17H2,1-4H3. The first-order chi connectivity index (χ1) is 9.03. The van der Waals surface area contributed by atoms with Crippen molar-refractivity contribution in [2.24, 2.45) is 11.7 Å². The molecule has 0 spiro atoms. The molecule has 0 aliphatic heterocycles. The Labute approximate surface area is 130 Å². The number of hydrogen-bond acceptors (Lipinski definition) is 3. The molecule has 0 saturated heterocycles. The van der Waals surface area contributed by atoms with E-state index < -0.39 is 0 Å². The third-order valence-corrected chi connectivity index (χ3v) is 5.50. The third kappa shape index (κ3) is 4.85. The lowest BCUT2D eigenvalue weighted by Gasteiger charge is -2.35. The molecule has 3 unspecified atom stereocenters. The topological polar surface area (TPSA) is 29.3 Å². The van der Waals surface area contributed by atoms with Gasteiger partial charge in [-0.3, -0.25) is 4.90 Å². The van der Waals surface area contributed by atoms with Gasteiger partial charge in [0.15, 0.2) is 0 Å². The zero-order valence-corrected chi connectivity index (χ0v) is 14.9. The average molecular weight is 347 g/mol. The maximum Gasteiger partial charge on any atom is 0.0702 e. The molecule has 0 fully saturated rings. The number of rotatable bonds is 8. The first-order valence-corrected chi connectivity index (χ1v) is 8.89. The van der Waals surface area contributed by atoms with Gasteiger partial charge in [-0.1, -0.05) is 34.1 Å². The molecule has 110 valence electrons. The van der Waals surface area contributed by atoms with Gasteiger partial charge in [-0.05, 0) is 46.9 Å². The second-order valence-electron chi connectivity index (χ2n) is 5.26. The van der Waals surface area contributed by atoms with Crippen LogP contribution in [0.3, 0.4) is 0 Å². The largest absolute Gasteiger partial charge is 0.326 e. The van der Waals surface area contributed by atoms with Crippen LogP contribution in [0.5, 0.6) is 0 Å². The van der Waals surface area contributed by atoms with Crippen molar-refractivity contribution in [1.82, 2.24) is 4.90 Å². The first kappa shape index (κ1) is 17.2. The van der Waals surface area contributed by atoms with Crippen molar-refractivity contribution >= 4 is 27.3 Å². The normalized spacial score (nSPS) is 16.6. The van der Waals surface area contributed by atoms with E-state index in [-0.39, 0.29) is 6.04 Å². The SMILES string of the molecule is CCC(C)CN(CC)C(c1ccc(Br)s1)C(N)CC. The van der Waals surface area contributed by atoms with Gasteiger partial charge < -0.3 is 5.73 Å². The Bertz CT molecular complexity index is 367. The zero-order valence-electron chi connectivity index (χ0n) is 12.5. The van der Waals surface area contributed by atoms with E-state index in [1.807, 2.05) is 11.3 Å². The van der Waals surface area contributed by atoms with E-state index in [0.717, 1.165) is 25.4 Å². The van der Waals surface area contributed by atoms with Crippen LogP contribution in [-0.2, 0) is 0 Å². The van der Waals surface area contributed by atoms with Gasteiger partial charge in [0.1, 0.15) is 0 Å². The molecule has 0 saturated carbocycles. The highest BCUT2D eigenvalue weighted by molar-refractivity contribution is 9.11. The minimum Gasteiger partial charge on any atom is -0.326 e. The molecule has 0 amide bonds. The van der Waals surface area contributed by atoms with Crippen LogP contribution >= 0.6 is 27.3 Å². The highest BCUT2D eigenvalue weighted by atomic mass is 79.9. The van der Waals surface area contributed by atoms with Crippen molar-refractivity contribution in [2.75, 3.05) is 13.1 Å². The molecular formula is C15H27BrN2S. The summed E-state index contributed by atoms with van der Waals surface area (Å²) in [5, 5.41) is 0. The number of thiophene rings is 1. The average Bonchev–Trinajstić information content (AvgIpc) is 2.83. The number of nitrogens with two attached hydrogens (primary N) is 1. The minimum absolute atomic E-state index is 0.203. The Morgan fingerprint density at radius 2 is 1.95 bits per heavy atom. The summed E-state index contributed by atoms with van der Waals surface area (Å²) in [6.07, 6.45) is 2.23. The summed E-state index contributed by atoms with van der Waals surface area (Å²) in [5.74, 6) is 0.718. The molecule has 4 heteroatoms. The molecular weight excluding hydrogens is 320 g/mol. The van der Waals surface area contributed by atoms with Crippen molar-refractivity contribution in [2.45, 2.75) is 52.6 Å². The van der Waals surface area contributed by atoms with Crippen LogP contribution in [-0.4, -0.2) is 24.0 Å². The van der Waals surface area contributed by atoms with Gasteiger partial charge >= 0.3 is 0 Å². The molecule has 1 heterocycles. The number of likely N-dealkylation sites (N-methyl/N-ethyl adjacent to an activating group) is 1. The molecule has 1 aromatic heterocycles. The smallest absolute Gasteiger partial charge is 0.0702 e. The molecule has 1 rings (SSSR count). The van der Waals surface area contributed by atoms with Crippen molar-refractivity contribution < 1.29 is 0 Å². The summed E-state index contributed by atoms with van der Waals surface area (Å²) in [4.78, 5) is 3.92. The van der Waals surface area contributed by atoms with E-state index in [0.29, 0.717) is 6.04 Å². The Hall–Kier alpha value is 0.1000. The summed E-state index contributed by atoms with van der Waals surface area (Å²) in [7, 11) is 0.